The van der Waals surface area contributed by atoms with Crippen LogP contribution in [0.4, 0.5) is 0 Å². The Kier molecular flexibility index (Phi) is 3.94. The summed E-state index contributed by atoms with van der Waals surface area (Å²) in [7, 11) is 0. The molecule has 2 unspecified atom stereocenters. The fourth-order valence-electron chi connectivity index (χ4n) is 2.76. The normalized spacial score (nSPS) is 28.0. The summed E-state index contributed by atoms with van der Waals surface area (Å²) in [5.74, 6) is 0. The molecule has 1 N–H and O–H groups in total. The molecule has 0 amide bonds. The van der Waals surface area contributed by atoms with Gasteiger partial charge in [0.05, 0.1) is 22.8 Å². The van der Waals surface area contributed by atoms with Crippen LogP contribution in [0.3, 0.4) is 0 Å². The van der Waals surface area contributed by atoms with E-state index in [0.29, 0.717) is 5.02 Å². The molecule has 18 heavy (non-hydrogen) atoms. The SMILES string of the molecule is CCNC1(C#N)CCCC(n2cc(Cl)c(C)n2)C1. The third-order valence-electron chi connectivity index (χ3n) is 3.69. The van der Waals surface area contributed by atoms with E-state index in [-0.39, 0.29) is 6.04 Å². The van der Waals surface area contributed by atoms with Crippen LogP contribution in [0, 0.1) is 18.3 Å². The molecule has 1 aromatic heterocycles. The number of nitriles is 1. The van der Waals surface area contributed by atoms with E-state index in [2.05, 4.69) is 16.5 Å². The summed E-state index contributed by atoms with van der Waals surface area (Å²) >= 11 is 6.05. The quantitative estimate of drug-likeness (QED) is 0.915. The number of nitrogens with zero attached hydrogens (tertiary/aromatic N) is 3. The Bertz CT molecular complexity index is 439. The van der Waals surface area contributed by atoms with Crippen LogP contribution in [0.1, 0.15) is 44.3 Å². The first-order chi connectivity index (χ1) is 8.60. The predicted octanol–water partition coefficient (Wildman–Crippen LogP) is 2.83. The molecule has 0 radical (unpaired) electrons. The number of rotatable bonds is 3. The Morgan fingerprint density at radius 3 is 3.06 bits per heavy atom. The van der Waals surface area contributed by atoms with E-state index < -0.39 is 5.54 Å². The summed E-state index contributed by atoms with van der Waals surface area (Å²) in [5.41, 5.74) is 0.456. The van der Waals surface area contributed by atoms with Gasteiger partial charge in [0.25, 0.3) is 0 Å². The summed E-state index contributed by atoms with van der Waals surface area (Å²) in [6.07, 6.45) is 5.70. The molecule has 4 nitrogen and oxygen atoms in total. The van der Waals surface area contributed by atoms with Crippen molar-refractivity contribution in [1.29, 1.82) is 5.26 Å². The predicted molar refractivity (Wildman–Crippen MR) is 71.5 cm³/mol. The van der Waals surface area contributed by atoms with Gasteiger partial charge >= 0.3 is 0 Å². The van der Waals surface area contributed by atoms with Crippen LogP contribution in [0.2, 0.25) is 5.02 Å². The van der Waals surface area contributed by atoms with Gasteiger partial charge in [-0.1, -0.05) is 18.5 Å². The lowest BCUT2D eigenvalue weighted by atomic mass is 9.80. The van der Waals surface area contributed by atoms with Crippen molar-refractivity contribution < 1.29 is 0 Å². The second kappa shape index (κ2) is 5.29. The Hall–Kier alpha value is -1.05. The van der Waals surface area contributed by atoms with Gasteiger partial charge in [-0.3, -0.25) is 10.00 Å². The summed E-state index contributed by atoms with van der Waals surface area (Å²) in [6, 6.07) is 2.72. The lowest BCUT2D eigenvalue weighted by Gasteiger charge is -2.36. The highest BCUT2D eigenvalue weighted by Gasteiger charge is 2.36. The van der Waals surface area contributed by atoms with E-state index in [9.17, 15) is 5.26 Å². The second-order valence-electron chi connectivity index (χ2n) is 5.02. The highest BCUT2D eigenvalue weighted by molar-refractivity contribution is 6.31. The Labute approximate surface area is 113 Å². The number of aryl methyl sites for hydroxylation is 1. The molecule has 5 heteroatoms. The molecule has 1 saturated carbocycles. The van der Waals surface area contributed by atoms with Crippen molar-refractivity contribution >= 4 is 11.6 Å². The van der Waals surface area contributed by atoms with Crippen molar-refractivity contribution in [1.82, 2.24) is 15.1 Å². The number of hydrogen-bond acceptors (Lipinski definition) is 3. The average Bonchev–Trinajstić information content (AvgIpc) is 2.70. The van der Waals surface area contributed by atoms with Crippen LogP contribution in [-0.4, -0.2) is 21.9 Å². The molecule has 2 atom stereocenters. The highest BCUT2D eigenvalue weighted by atomic mass is 35.5. The zero-order valence-corrected chi connectivity index (χ0v) is 11.7. The molecule has 1 heterocycles. The molecule has 1 fully saturated rings. The van der Waals surface area contributed by atoms with Gasteiger partial charge in [-0.05, 0) is 32.7 Å². The molecule has 0 spiro atoms. The molecular formula is C13H19ClN4. The van der Waals surface area contributed by atoms with Gasteiger partial charge < -0.3 is 0 Å². The first-order valence-electron chi connectivity index (χ1n) is 6.48. The maximum atomic E-state index is 9.43. The molecule has 0 aromatic carbocycles. The number of aromatic nitrogens is 2. The fourth-order valence-corrected chi connectivity index (χ4v) is 2.90. The van der Waals surface area contributed by atoms with Crippen LogP contribution < -0.4 is 5.32 Å². The van der Waals surface area contributed by atoms with E-state index in [1.54, 1.807) is 0 Å². The van der Waals surface area contributed by atoms with Crippen molar-refractivity contribution in [3.63, 3.8) is 0 Å². The van der Waals surface area contributed by atoms with Crippen LogP contribution in [-0.2, 0) is 0 Å². The minimum Gasteiger partial charge on any atom is -0.300 e. The smallest absolute Gasteiger partial charge is 0.108 e. The van der Waals surface area contributed by atoms with E-state index >= 15 is 0 Å². The van der Waals surface area contributed by atoms with E-state index in [1.807, 2.05) is 24.7 Å². The van der Waals surface area contributed by atoms with Crippen LogP contribution in [0.5, 0.6) is 0 Å². The molecule has 0 saturated heterocycles. The van der Waals surface area contributed by atoms with Crippen molar-refractivity contribution in [3.05, 3.63) is 16.9 Å². The topological polar surface area (TPSA) is 53.6 Å². The van der Waals surface area contributed by atoms with Gasteiger partial charge in [0, 0.05) is 12.6 Å². The van der Waals surface area contributed by atoms with Gasteiger partial charge in [-0.25, -0.2) is 0 Å². The average molecular weight is 267 g/mol. The lowest BCUT2D eigenvalue weighted by Crippen LogP contribution is -2.47. The molecule has 1 aromatic rings. The standard InChI is InChI=1S/C13H19ClN4/c1-3-16-13(9-15)6-4-5-11(7-13)18-8-12(14)10(2)17-18/h8,11,16H,3-7H2,1-2H3. The molecule has 2 rings (SSSR count). The first kappa shape index (κ1) is 13.4. The Morgan fingerprint density at radius 1 is 1.72 bits per heavy atom. The summed E-state index contributed by atoms with van der Waals surface area (Å²) in [6.45, 7) is 4.76. The number of hydrogen-bond donors (Lipinski definition) is 1. The first-order valence-corrected chi connectivity index (χ1v) is 6.85. The largest absolute Gasteiger partial charge is 0.300 e. The Balaban J connectivity index is 2.18. The monoisotopic (exact) mass is 266 g/mol. The molecule has 0 bridgehead atoms. The van der Waals surface area contributed by atoms with Crippen molar-refractivity contribution in [3.8, 4) is 6.07 Å². The van der Waals surface area contributed by atoms with Crippen molar-refractivity contribution in [2.75, 3.05) is 6.54 Å². The third kappa shape index (κ3) is 2.52. The molecular weight excluding hydrogens is 248 g/mol. The summed E-state index contributed by atoms with van der Waals surface area (Å²) in [5, 5.41) is 17.9. The maximum absolute atomic E-state index is 9.43. The van der Waals surface area contributed by atoms with Gasteiger partial charge in [0.2, 0.25) is 0 Å². The minimum absolute atomic E-state index is 0.267. The highest BCUT2D eigenvalue weighted by Crippen LogP contribution is 2.35. The fraction of sp³-hybridized carbons (Fsp3) is 0.692. The van der Waals surface area contributed by atoms with Crippen molar-refractivity contribution in [2.45, 2.75) is 51.1 Å². The molecule has 1 aliphatic carbocycles. The molecule has 98 valence electrons. The second-order valence-corrected chi connectivity index (χ2v) is 5.42. The van der Waals surface area contributed by atoms with Crippen LogP contribution in [0.25, 0.3) is 0 Å². The lowest BCUT2D eigenvalue weighted by molar-refractivity contribution is 0.222. The van der Waals surface area contributed by atoms with Gasteiger partial charge in [0.1, 0.15) is 5.54 Å². The zero-order valence-electron chi connectivity index (χ0n) is 10.9. The summed E-state index contributed by atoms with van der Waals surface area (Å²) in [4.78, 5) is 0. The molecule has 0 aliphatic heterocycles. The van der Waals surface area contributed by atoms with Crippen molar-refractivity contribution in [2.24, 2.45) is 0 Å². The maximum Gasteiger partial charge on any atom is 0.108 e. The third-order valence-corrected chi connectivity index (χ3v) is 4.06. The molecule has 1 aliphatic rings. The minimum atomic E-state index is -0.399. The van der Waals surface area contributed by atoms with Gasteiger partial charge in [-0.15, -0.1) is 0 Å². The van der Waals surface area contributed by atoms with E-state index in [4.69, 9.17) is 11.6 Å². The van der Waals surface area contributed by atoms with Gasteiger partial charge in [0.15, 0.2) is 0 Å². The summed E-state index contributed by atoms with van der Waals surface area (Å²) < 4.78 is 1.93. The zero-order chi connectivity index (χ0) is 13.2. The van der Waals surface area contributed by atoms with E-state index in [0.717, 1.165) is 37.9 Å². The number of halogens is 1. The van der Waals surface area contributed by atoms with Crippen LogP contribution >= 0.6 is 11.6 Å². The number of nitrogens with one attached hydrogen (secondary N) is 1. The Morgan fingerprint density at radius 2 is 2.50 bits per heavy atom. The van der Waals surface area contributed by atoms with Gasteiger partial charge in [-0.2, -0.15) is 10.4 Å². The van der Waals surface area contributed by atoms with E-state index in [1.165, 1.54) is 0 Å². The van der Waals surface area contributed by atoms with Crippen LogP contribution in [0.15, 0.2) is 6.20 Å².